The number of nitrogens with one attached hydrogen (secondary N) is 1. The molecule has 0 amide bonds. The summed E-state index contributed by atoms with van der Waals surface area (Å²) in [5.74, 6) is 0.528. The molecule has 0 radical (unpaired) electrons. The van der Waals surface area contributed by atoms with Crippen LogP contribution in [-0.4, -0.2) is 0 Å². The molecule has 1 atom stereocenters. The zero-order valence-corrected chi connectivity index (χ0v) is 13.1. The van der Waals surface area contributed by atoms with Gasteiger partial charge in [0.1, 0.15) is 5.82 Å². The minimum Gasteiger partial charge on any atom is -0.306 e. The fourth-order valence-electron chi connectivity index (χ4n) is 2.47. The van der Waals surface area contributed by atoms with Crippen LogP contribution in [0.5, 0.6) is 0 Å². The van der Waals surface area contributed by atoms with E-state index in [-0.39, 0.29) is 11.9 Å². The predicted molar refractivity (Wildman–Crippen MR) is 86.6 cm³/mol. The minimum absolute atomic E-state index is 0.00143. The van der Waals surface area contributed by atoms with E-state index in [4.69, 9.17) is 0 Å². The van der Waals surface area contributed by atoms with Gasteiger partial charge >= 0.3 is 0 Å². The molecule has 0 fully saturated rings. The van der Waals surface area contributed by atoms with E-state index in [9.17, 15) is 4.39 Å². The van der Waals surface area contributed by atoms with Crippen molar-refractivity contribution in [1.82, 2.24) is 5.32 Å². The van der Waals surface area contributed by atoms with Gasteiger partial charge in [0.15, 0.2) is 0 Å². The first-order valence-electron chi connectivity index (χ1n) is 7.62. The third-order valence-electron chi connectivity index (χ3n) is 3.65. The molecule has 112 valence electrons. The van der Waals surface area contributed by atoms with Gasteiger partial charge < -0.3 is 5.32 Å². The van der Waals surface area contributed by atoms with E-state index in [1.807, 2.05) is 19.1 Å². The molecule has 1 N–H and O–H groups in total. The fraction of sp³-hybridized carbons (Fsp3) is 0.368. The molecule has 1 nitrogen and oxygen atoms in total. The van der Waals surface area contributed by atoms with Crippen molar-refractivity contribution in [3.63, 3.8) is 0 Å². The van der Waals surface area contributed by atoms with E-state index in [0.717, 1.165) is 13.0 Å². The number of halogens is 1. The number of hydrogen-bond donors (Lipinski definition) is 1. The van der Waals surface area contributed by atoms with Gasteiger partial charge in [0.25, 0.3) is 0 Å². The summed E-state index contributed by atoms with van der Waals surface area (Å²) in [6.45, 7) is 7.19. The molecule has 0 unspecified atom stereocenters. The van der Waals surface area contributed by atoms with Gasteiger partial charge in [-0.05, 0) is 36.5 Å². The van der Waals surface area contributed by atoms with Crippen molar-refractivity contribution in [2.75, 3.05) is 0 Å². The van der Waals surface area contributed by atoms with Crippen molar-refractivity contribution in [2.24, 2.45) is 5.92 Å². The van der Waals surface area contributed by atoms with Crippen LogP contribution in [0.3, 0.4) is 0 Å². The summed E-state index contributed by atoms with van der Waals surface area (Å²) >= 11 is 0. The molecule has 0 saturated carbocycles. The lowest BCUT2D eigenvalue weighted by atomic mass is 10.0. The maximum absolute atomic E-state index is 13.7. The van der Waals surface area contributed by atoms with E-state index in [1.165, 1.54) is 17.2 Å². The van der Waals surface area contributed by atoms with Gasteiger partial charge in [-0.1, -0.05) is 56.3 Å². The number of hydrogen-bond acceptors (Lipinski definition) is 1. The summed E-state index contributed by atoms with van der Waals surface area (Å²) < 4.78 is 13.7. The lowest BCUT2D eigenvalue weighted by molar-refractivity contribution is 0.528. The Hall–Kier alpha value is -1.67. The quantitative estimate of drug-likeness (QED) is 0.798. The summed E-state index contributed by atoms with van der Waals surface area (Å²) in [6.07, 6.45) is 1.11. The second-order valence-corrected chi connectivity index (χ2v) is 6.04. The van der Waals surface area contributed by atoms with Crippen molar-refractivity contribution in [3.8, 4) is 0 Å². The van der Waals surface area contributed by atoms with Crippen LogP contribution in [0.15, 0.2) is 48.5 Å². The Morgan fingerprint density at radius 1 is 0.905 bits per heavy atom. The lowest BCUT2D eigenvalue weighted by Gasteiger charge is -2.15. The van der Waals surface area contributed by atoms with Crippen molar-refractivity contribution >= 4 is 0 Å². The van der Waals surface area contributed by atoms with Gasteiger partial charge in [-0.15, -0.1) is 0 Å². The molecule has 0 aliphatic heterocycles. The van der Waals surface area contributed by atoms with Crippen LogP contribution >= 0.6 is 0 Å². The van der Waals surface area contributed by atoms with Crippen LogP contribution in [0.25, 0.3) is 0 Å². The van der Waals surface area contributed by atoms with Gasteiger partial charge in [-0.3, -0.25) is 0 Å². The fourth-order valence-corrected chi connectivity index (χ4v) is 2.47. The Balaban J connectivity index is 1.92. The Kier molecular flexibility index (Phi) is 5.51. The molecule has 2 aromatic carbocycles. The Labute approximate surface area is 127 Å². The summed E-state index contributed by atoms with van der Waals surface area (Å²) in [6, 6.07) is 15.6. The highest BCUT2D eigenvalue weighted by molar-refractivity contribution is 5.24. The second kappa shape index (κ2) is 7.37. The largest absolute Gasteiger partial charge is 0.306 e. The molecule has 0 aromatic heterocycles. The Bertz CT molecular complexity index is 560. The zero-order valence-electron chi connectivity index (χ0n) is 13.1. The van der Waals surface area contributed by atoms with Crippen LogP contribution < -0.4 is 5.32 Å². The summed E-state index contributed by atoms with van der Waals surface area (Å²) in [4.78, 5) is 0. The molecular weight excluding hydrogens is 261 g/mol. The zero-order chi connectivity index (χ0) is 15.2. The first kappa shape index (κ1) is 15.7. The SMILES string of the molecule is CC(C)Cc1ccc(CN[C@H](C)c2ccccc2F)cc1. The molecule has 0 bridgehead atoms. The highest BCUT2D eigenvalue weighted by Gasteiger charge is 2.09. The van der Waals surface area contributed by atoms with Gasteiger partial charge in [0.05, 0.1) is 0 Å². The van der Waals surface area contributed by atoms with Gasteiger partial charge in [0.2, 0.25) is 0 Å². The third kappa shape index (κ3) is 4.68. The predicted octanol–water partition coefficient (Wildman–Crippen LogP) is 4.88. The van der Waals surface area contributed by atoms with Gasteiger partial charge in [-0.2, -0.15) is 0 Å². The molecule has 2 aromatic rings. The molecule has 0 heterocycles. The van der Waals surface area contributed by atoms with Crippen molar-refractivity contribution in [3.05, 3.63) is 71.0 Å². The standard InChI is InChI=1S/C19H24FN/c1-14(2)12-16-8-10-17(11-9-16)13-21-15(3)18-6-4-5-7-19(18)20/h4-11,14-15,21H,12-13H2,1-3H3/t15-/m1/s1. The molecule has 2 rings (SSSR count). The van der Waals surface area contributed by atoms with Crippen LogP contribution in [-0.2, 0) is 13.0 Å². The van der Waals surface area contributed by atoms with Gasteiger partial charge in [-0.25, -0.2) is 4.39 Å². The van der Waals surface area contributed by atoms with Crippen LogP contribution in [0.2, 0.25) is 0 Å². The number of benzene rings is 2. The van der Waals surface area contributed by atoms with Crippen LogP contribution in [0.4, 0.5) is 4.39 Å². The maximum Gasteiger partial charge on any atom is 0.127 e. The van der Waals surface area contributed by atoms with Crippen molar-refractivity contribution < 1.29 is 4.39 Å². The van der Waals surface area contributed by atoms with Gasteiger partial charge in [0, 0.05) is 18.2 Å². The summed E-state index contributed by atoms with van der Waals surface area (Å²) in [5, 5.41) is 3.38. The molecule has 0 saturated heterocycles. The molecule has 0 aliphatic carbocycles. The summed E-state index contributed by atoms with van der Waals surface area (Å²) in [7, 11) is 0. The van der Waals surface area contributed by atoms with E-state index >= 15 is 0 Å². The normalized spacial score (nSPS) is 12.6. The third-order valence-corrected chi connectivity index (χ3v) is 3.65. The van der Waals surface area contributed by atoms with Crippen LogP contribution in [0.1, 0.15) is 43.5 Å². The molecule has 0 spiro atoms. The second-order valence-electron chi connectivity index (χ2n) is 6.04. The van der Waals surface area contributed by atoms with Crippen molar-refractivity contribution in [2.45, 2.75) is 39.8 Å². The minimum atomic E-state index is -0.148. The van der Waals surface area contributed by atoms with E-state index < -0.39 is 0 Å². The highest BCUT2D eigenvalue weighted by atomic mass is 19.1. The topological polar surface area (TPSA) is 12.0 Å². The highest BCUT2D eigenvalue weighted by Crippen LogP contribution is 2.17. The van der Waals surface area contributed by atoms with Crippen LogP contribution in [0, 0.1) is 11.7 Å². The number of rotatable bonds is 6. The van der Waals surface area contributed by atoms with E-state index in [2.05, 4.69) is 43.4 Å². The first-order chi connectivity index (χ1) is 10.1. The summed E-state index contributed by atoms with van der Waals surface area (Å²) in [5.41, 5.74) is 3.32. The van der Waals surface area contributed by atoms with E-state index in [1.54, 1.807) is 6.07 Å². The lowest BCUT2D eigenvalue weighted by Crippen LogP contribution is -2.19. The average molecular weight is 285 g/mol. The van der Waals surface area contributed by atoms with Crippen molar-refractivity contribution in [1.29, 1.82) is 0 Å². The average Bonchev–Trinajstić information content (AvgIpc) is 2.46. The Morgan fingerprint density at radius 3 is 2.14 bits per heavy atom. The molecule has 21 heavy (non-hydrogen) atoms. The Morgan fingerprint density at radius 2 is 1.52 bits per heavy atom. The smallest absolute Gasteiger partial charge is 0.127 e. The molecule has 2 heteroatoms. The monoisotopic (exact) mass is 285 g/mol. The first-order valence-corrected chi connectivity index (χ1v) is 7.62. The van der Waals surface area contributed by atoms with E-state index in [0.29, 0.717) is 11.5 Å². The molecular formula is C19H24FN. The molecule has 0 aliphatic rings. The maximum atomic E-state index is 13.7.